The largest absolute Gasteiger partial charge is 0.387 e. The summed E-state index contributed by atoms with van der Waals surface area (Å²) in [6, 6.07) is 0.456. The van der Waals surface area contributed by atoms with Gasteiger partial charge < -0.3 is 10.7 Å². The van der Waals surface area contributed by atoms with Gasteiger partial charge in [-0.15, -0.1) is 0 Å². The number of rotatable bonds is 4. The van der Waals surface area contributed by atoms with Gasteiger partial charge in [0.1, 0.15) is 0 Å². The monoisotopic (exact) mass is 157 g/mol. The average Bonchev–Trinajstić information content (AvgIpc) is 1.87. The standard InChI is InChI=1S/C8H19N3/c1-6(2)8(11-9)5-10-7(3)4/h5-7,10-11H,9H2,1-4H3/b8-5-. The van der Waals surface area contributed by atoms with Gasteiger partial charge in [0.2, 0.25) is 0 Å². The summed E-state index contributed by atoms with van der Waals surface area (Å²) >= 11 is 0. The van der Waals surface area contributed by atoms with Gasteiger partial charge in [-0.2, -0.15) is 0 Å². The van der Waals surface area contributed by atoms with Gasteiger partial charge in [0, 0.05) is 17.9 Å². The van der Waals surface area contributed by atoms with Crippen LogP contribution in [-0.4, -0.2) is 6.04 Å². The summed E-state index contributed by atoms with van der Waals surface area (Å²) < 4.78 is 0. The molecule has 0 spiro atoms. The molecule has 0 aliphatic rings. The summed E-state index contributed by atoms with van der Waals surface area (Å²) in [4.78, 5) is 0. The minimum atomic E-state index is 0.436. The van der Waals surface area contributed by atoms with E-state index in [1.165, 1.54) is 0 Å². The normalized spacial score (nSPS) is 12.5. The molecule has 0 unspecified atom stereocenters. The first-order chi connectivity index (χ1) is 5.07. The van der Waals surface area contributed by atoms with Crippen LogP contribution in [0.4, 0.5) is 0 Å². The maximum Gasteiger partial charge on any atom is 0.0441 e. The van der Waals surface area contributed by atoms with Crippen LogP contribution in [0.15, 0.2) is 11.9 Å². The lowest BCUT2D eigenvalue weighted by Gasteiger charge is -2.12. The molecule has 0 radical (unpaired) electrons. The Morgan fingerprint density at radius 3 is 2.09 bits per heavy atom. The van der Waals surface area contributed by atoms with Gasteiger partial charge in [-0.25, -0.2) is 0 Å². The highest BCUT2D eigenvalue weighted by Gasteiger charge is 1.99. The Labute approximate surface area is 69.0 Å². The van der Waals surface area contributed by atoms with Crippen molar-refractivity contribution in [1.82, 2.24) is 10.7 Å². The van der Waals surface area contributed by atoms with Crippen LogP contribution in [-0.2, 0) is 0 Å². The quantitative estimate of drug-likeness (QED) is 0.420. The van der Waals surface area contributed by atoms with Crippen molar-refractivity contribution in [3.8, 4) is 0 Å². The Kier molecular flexibility index (Phi) is 4.70. The highest BCUT2D eigenvalue weighted by molar-refractivity contribution is 4.99. The molecule has 3 heteroatoms. The van der Waals surface area contributed by atoms with E-state index in [1.807, 2.05) is 6.20 Å². The Bertz CT molecular complexity index is 127. The third-order valence-corrected chi connectivity index (χ3v) is 1.36. The van der Waals surface area contributed by atoms with Crippen LogP contribution in [0.25, 0.3) is 0 Å². The van der Waals surface area contributed by atoms with Crippen LogP contribution in [0.1, 0.15) is 27.7 Å². The second-order valence-electron chi connectivity index (χ2n) is 3.22. The Morgan fingerprint density at radius 2 is 1.82 bits per heavy atom. The number of hydrazine groups is 1. The average molecular weight is 157 g/mol. The molecule has 0 saturated carbocycles. The van der Waals surface area contributed by atoms with Crippen LogP contribution < -0.4 is 16.6 Å². The molecule has 0 aliphatic heterocycles. The van der Waals surface area contributed by atoms with Crippen molar-refractivity contribution in [2.75, 3.05) is 0 Å². The fourth-order valence-electron chi connectivity index (χ4n) is 0.631. The lowest BCUT2D eigenvalue weighted by Crippen LogP contribution is -2.28. The SMILES string of the molecule is CC(C)N/C=C(\NN)C(C)C. The molecule has 0 atom stereocenters. The molecule has 11 heavy (non-hydrogen) atoms. The van der Waals surface area contributed by atoms with Crippen LogP contribution >= 0.6 is 0 Å². The van der Waals surface area contributed by atoms with Crippen molar-refractivity contribution >= 4 is 0 Å². The fraction of sp³-hybridized carbons (Fsp3) is 0.750. The molecule has 0 amide bonds. The number of hydrogen-bond acceptors (Lipinski definition) is 3. The number of allylic oxidation sites excluding steroid dienone is 1. The Morgan fingerprint density at radius 1 is 1.27 bits per heavy atom. The highest BCUT2D eigenvalue weighted by Crippen LogP contribution is 2.02. The maximum absolute atomic E-state index is 5.30. The van der Waals surface area contributed by atoms with Crippen molar-refractivity contribution in [3.63, 3.8) is 0 Å². The van der Waals surface area contributed by atoms with E-state index in [1.54, 1.807) is 0 Å². The molecular formula is C8H19N3. The summed E-state index contributed by atoms with van der Waals surface area (Å²) in [6.45, 7) is 8.36. The van der Waals surface area contributed by atoms with Gasteiger partial charge in [0.05, 0.1) is 0 Å². The molecule has 0 heterocycles. The molecule has 0 saturated heterocycles. The minimum Gasteiger partial charge on any atom is -0.387 e. The zero-order chi connectivity index (χ0) is 8.85. The smallest absolute Gasteiger partial charge is 0.0441 e. The first kappa shape index (κ1) is 10.3. The van der Waals surface area contributed by atoms with E-state index in [-0.39, 0.29) is 0 Å². The molecule has 3 nitrogen and oxygen atoms in total. The van der Waals surface area contributed by atoms with Crippen LogP contribution in [0.3, 0.4) is 0 Å². The number of hydrogen-bond donors (Lipinski definition) is 3. The Hall–Kier alpha value is -0.700. The second-order valence-corrected chi connectivity index (χ2v) is 3.22. The zero-order valence-corrected chi connectivity index (χ0v) is 7.81. The Balaban J connectivity index is 3.91. The van der Waals surface area contributed by atoms with Gasteiger partial charge in [0.15, 0.2) is 0 Å². The molecule has 4 N–H and O–H groups in total. The predicted molar refractivity (Wildman–Crippen MR) is 48.5 cm³/mol. The van der Waals surface area contributed by atoms with Crippen LogP contribution in [0.5, 0.6) is 0 Å². The van der Waals surface area contributed by atoms with Crippen molar-refractivity contribution in [2.24, 2.45) is 11.8 Å². The summed E-state index contributed by atoms with van der Waals surface area (Å²) in [6.07, 6.45) is 1.93. The third kappa shape index (κ3) is 4.67. The predicted octanol–water partition coefficient (Wildman–Crippen LogP) is 0.945. The molecule has 0 aliphatic carbocycles. The fourth-order valence-corrected chi connectivity index (χ4v) is 0.631. The van der Waals surface area contributed by atoms with Gasteiger partial charge in [-0.3, -0.25) is 5.84 Å². The summed E-state index contributed by atoms with van der Waals surface area (Å²) in [5.41, 5.74) is 3.68. The molecule has 0 rings (SSSR count). The van der Waals surface area contributed by atoms with E-state index in [4.69, 9.17) is 5.84 Å². The van der Waals surface area contributed by atoms with Crippen molar-refractivity contribution in [2.45, 2.75) is 33.7 Å². The molecule has 0 aromatic heterocycles. The minimum absolute atomic E-state index is 0.436. The number of nitrogens with two attached hydrogens (primary N) is 1. The van der Waals surface area contributed by atoms with Gasteiger partial charge in [0.25, 0.3) is 0 Å². The van der Waals surface area contributed by atoms with E-state index in [0.29, 0.717) is 12.0 Å². The van der Waals surface area contributed by atoms with Gasteiger partial charge in [-0.1, -0.05) is 13.8 Å². The lowest BCUT2D eigenvalue weighted by molar-refractivity contribution is 0.632. The molecular weight excluding hydrogens is 138 g/mol. The van der Waals surface area contributed by atoms with Crippen molar-refractivity contribution < 1.29 is 0 Å². The van der Waals surface area contributed by atoms with Crippen LogP contribution in [0, 0.1) is 5.92 Å². The molecule has 0 bridgehead atoms. The molecule has 0 fully saturated rings. The van der Waals surface area contributed by atoms with Crippen LogP contribution in [0.2, 0.25) is 0 Å². The number of nitrogens with one attached hydrogen (secondary N) is 2. The first-order valence-corrected chi connectivity index (χ1v) is 4.00. The first-order valence-electron chi connectivity index (χ1n) is 4.00. The lowest BCUT2D eigenvalue weighted by atomic mass is 10.1. The van der Waals surface area contributed by atoms with Gasteiger partial charge in [-0.05, 0) is 19.8 Å². The van der Waals surface area contributed by atoms with E-state index < -0.39 is 0 Å². The summed E-state index contributed by atoms with van der Waals surface area (Å²) in [5, 5.41) is 3.17. The van der Waals surface area contributed by atoms with Crippen molar-refractivity contribution in [1.29, 1.82) is 0 Å². The molecule has 66 valence electrons. The van der Waals surface area contributed by atoms with Gasteiger partial charge >= 0.3 is 0 Å². The topological polar surface area (TPSA) is 50.1 Å². The van der Waals surface area contributed by atoms with E-state index >= 15 is 0 Å². The summed E-state index contributed by atoms with van der Waals surface area (Å²) in [7, 11) is 0. The molecule has 0 aromatic carbocycles. The second kappa shape index (κ2) is 5.02. The molecule has 0 aromatic rings. The summed E-state index contributed by atoms with van der Waals surface area (Å²) in [5.74, 6) is 5.74. The van der Waals surface area contributed by atoms with E-state index in [2.05, 4.69) is 38.4 Å². The zero-order valence-electron chi connectivity index (χ0n) is 7.81. The highest BCUT2D eigenvalue weighted by atomic mass is 15.2. The van der Waals surface area contributed by atoms with E-state index in [0.717, 1.165) is 5.70 Å². The third-order valence-electron chi connectivity index (χ3n) is 1.36. The van der Waals surface area contributed by atoms with Crippen molar-refractivity contribution in [3.05, 3.63) is 11.9 Å². The maximum atomic E-state index is 5.30. The van der Waals surface area contributed by atoms with E-state index in [9.17, 15) is 0 Å².